The average molecular weight is 251 g/mol. The van der Waals surface area contributed by atoms with Gasteiger partial charge in [0.25, 0.3) is 5.91 Å². The molecule has 1 aromatic rings. The number of rotatable bonds is 2. The molecule has 0 aliphatic carbocycles. The molecule has 2 atom stereocenters. The number of carbonyl (C=O) groups is 1. The molecule has 17 heavy (non-hydrogen) atoms. The first-order chi connectivity index (χ1) is 8.16. The zero-order valence-corrected chi connectivity index (χ0v) is 10.7. The van der Waals surface area contributed by atoms with E-state index in [-0.39, 0.29) is 18.1 Å². The fourth-order valence-electron chi connectivity index (χ4n) is 2.06. The highest BCUT2D eigenvalue weighted by molar-refractivity contribution is 7.80. The van der Waals surface area contributed by atoms with Gasteiger partial charge in [-0.2, -0.15) is 0 Å². The molecular formula is C13H17NO2S. The van der Waals surface area contributed by atoms with E-state index in [4.69, 9.17) is 4.74 Å². The Morgan fingerprint density at radius 1 is 1.47 bits per heavy atom. The molecular weight excluding hydrogens is 234 g/mol. The molecule has 0 saturated carbocycles. The molecule has 92 valence electrons. The molecule has 1 heterocycles. The highest BCUT2D eigenvalue weighted by Crippen LogP contribution is 2.16. The smallest absolute Gasteiger partial charge is 0.252 e. The van der Waals surface area contributed by atoms with E-state index in [1.165, 1.54) is 0 Å². The third-order valence-corrected chi connectivity index (χ3v) is 3.36. The van der Waals surface area contributed by atoms with Crippen LogP contribution in [0.25, 0.3) is 0 Å². The summed E-state index contributed by atoms with van der Waals surface area (Å²) in [5, 5.41) is 3.04. The lowest BCUT2D eigenvalue weighted by Crippen LogP contribution is -2.41. The molecule has 1 fully saturated rings. The van der Waals surface area contributed by atoms with Gasteiger partial charge in [-0.25, -0.2) is 0 Å². The maximum Gasteiger partial charge on any atom is 0.252 e. The van der Waals surface area contributed by atoms with Gasteiger partial charge in [0.15, 0.2) is 0 Å². The SMILES string of the molecule is CC1CC(NC(=O)c2ccccc2S)CCO1. The van der Waals surface area contributed by atoms with Crippen LogP contribution in [0.4, 0.5) is 0 Å². The van der Waals surface area contributed by atoms with Gasteiger partial charge in [0.05, 0.1) is 11.7 Å². The summed E-state index contributed by atoms with van der Waals surface area (Å²) in [7, 11) is 0. The maximum atomic E-state index is 12.0. The molecule has 1 amide bonds. The fourth-order valence-corrected chi connectivity index (χ4v) is 2.32. The maximum absolute atomic E-state index is 12.0. The van der Waals surface area contributed by atoms with E-state index >= 15 is 0 Å². The van der Waals surface area contributed by atoms with E-state index < -0.39 is 0 Å². The largest absolute Gasteiger partial charge is 0.378 e. The number of carbonyl (C=O) groups excluding carboxylic acids is 1. The standard InChI is InChI=1S/C13H17NO2S/c1-9-8-10(6-7-16-9)14-13(15)11-4-2-3-5-12(11)17/h2-5,9-10,17H,6-8H2,1H3,(H,14,15). The lowest BCUT2D eigenvalue weighted by Gasteiger charge is -2.28. The van der Waals surface area contributed by atoms with Crippen molar-refractivity contribution in [1.29, 1.82) is 0 Å². The molecule has 1 aliphatic rings. The number of thiol groups is 1. The van der Waals surface area contributed by atoms with Crippen molar-refractivity contribution in [2.24, 2.45) is 0 Å². The zero-order chi connectivity index (χ0) is 12.3. The summed E-state index contributed by atoms with van der Waals surface area (Å²) in [5.74, 6) is -0.0466. The Kier molecular flexibility index (Phi) is 4.07. The number of amides is 1. The van der Waals surface area contributed by atoms with Crippen LogP contribution < -0.4 is 5.32 Å². The van der Waals surface area contributed by atoms with Gasteiger partial charge in [-0.15, -0.1) is 12.6 Å². The summed E-state index contributed by atoms with van der Waals surface area (Å²) >= 11 is 4.29. The summed E-state index contributed by atoms with van der Waals surface area (Å²) in [6, 6.07) is 7.54. The number of hydrogen-bond donors (Lipinski definition) is 2. The van der Waals surface area contributed by atoms with Crippen LogP contribution in [0.1, 0.15) is 30.1 Å². The van der Waals surface area contributed by atoms with Crippen molar-refractivity contribution >= 4 is 18.5 Å². The highest BCUT2D eigenvalue weighted by atomic mass is 32.1. The topological polar surface area (TPSA) is 38.3 Å². The van der Waals surface area contributed by atoms with Crippen molar-refractivity contribution in [2.75, 3.05) is 6.61 Å². The third kappa shape index (κ3) is 3.23. The van der Waals surface area contributed by atoms with Crippen LogP contribution in [-0.2, 0) is 4.74 Å². The summed E-state index contributed by atoms with van der Waals surface area (Å²) in [6.07, 6.45) is 1.98. The minimum atomic E-state index is -0.0466. The van der Waals surface area contributed by atoms with Crippen molar-refractivity contribution in [3.05, 3.63) is 29.8 Å². The Morgan fingerprint density at radius 2 is 2.24 bits per heavy atom. The van der Waals surface area contributed by atoms with E-state index in [2.05, 4.69) is 17.9 Å². The first-order valence-electron chi connectivity index (χ1n) is 5.87. The molecule has 1 aliphatic heterocycles. The Balaban J connectivity index is 1.99. The first-order valence-corrected chi connectivity index (χ1v) is 6.32. The molecule has 0 bridgehead atoms. The van der Waals surface area contributed by atoms with Crippen molar-refractivity contribution in [3.63, 3.8) is 0 Å². The molecule has 3 nitrogen and oxygen atoms in total. The number of ether oxygens (including phenoxy) is 1. The van der Waals surface area contributed by atoms with Crippen LogP contribution in [0.3, 0.4) is 0 Å². The zero-order valence-electron chi connectivity index (χ0n) is 9.85. The van der Waals surface area contributed by atoms with E-state index in [1.54, 1.807) is 6.07 Å². The normalized spacial score (nSPS) is 24.4. The van der Waals surface area contributed by atoms with Crippen LogP contribution in [0.15, 0.2) is 29.2 Å². The van der Waals surface area contributed by atoms with E-state index in [1.807, 2.05) is 25.1 Å². The van der Waals surface area contributed by atoms with Gasteiger partial charge in [0.1, 0.15) is 0 Å². The lowest BCUT2D eigenvalue weighted by atomic mass is 10.0. The van der Waals surface area contributed by atoms with Crippen LogP contribution in [0.2, 0.25) is 0 Å². The lowest BCUT2D eigenvalue weighted by molar-refractivity contribution is 0.0136. The Bertz CT molecular complexity index is 408. The van der Waals surface area contributed by atoms with Crippen molar-refractivity contribution < 1.29 is 9.53 Å². The van der Waals surface area contributed by atoms with Gasteiger partial charge in [0.2, 0.25) is 0 Å². The molecule has 1 aromatic carbocycles. The monoisotopic (exact) mass is 251 g/mol. The van der Waals surface area contributed by atoms with Crippen LogP contribution >= 0.6 is 12.6 Å². The summed E-state index contributed by atoms with van der Waals surface area (Å²) in [4.78, 5) is 12.8. The molecule has 0 spiro atoms. The van der Waals surface area contributed by atoms with Gasteiger partial charge in [-0.3, -0.25) is 4.79 Å². The third-order valence-electron chi connectivity index (χ3n) is 2.97. The quantitative estimate of drug-likeness (QED) is 0.791. The van der Waals surface area contributed by atoms with Crippen LogP contribution in [-0.4, -0.2) is 24.7 Å². The Hall–Kier alpha value is -1.00. The van der Waals surface area contributed by atoms with Crippen LogP contribution in [0, 0.1) is 0 Å². The predicted molar refractivity (Wildman–Crippen MR) is 69.6 cm³/mol. The van der Waals surface area contributed by atoms with Gasteiger partial charge in [-0.05, 0) is 31.9 Å². The summed E-state index contributed by atoms with van der Waals surface area (Å²) in [6.45, 7) is 2.75. The Labute approximate surface area is 107 Å². The molecule has 0 aromatic heterocycles. The first kappa shape index (κ1) is 12.5. The van der Waals surface area contributed by atoms with Gasteiger partial charge in [0, 0.05) is 17.5 Å². The second-order valence-corrected chi connectivity index (χ2v) is 4.88. The second kappa shape index (κ2) is 5.56. The Morgan fingerprint density at radius 3 is 2.94 bits per heavy atom. The van der Waals surface area contributed by atoms with Gasteiger partial charge >= 0.3 is 0 Å². The van der Waals surface area contributed by atoms with Crippen molar-refractivity contribution in [1.82, 2.24) is 5.32 Å². The summed E-state index contributed by atoms with van der Waals surface area (Å²) in [5.41, 5.74) is 0.634. The molecule has 4 heteroatoms. The van der Waals surface area contributed by atoms with E-state index in [9.17, 15) is 4.79 Å². The fraction of sp³-hybridized carbons (Fsp3) is 0.462. The second-order valence-electron chi connectivity index (χ2n) is 4.39. The van der Waals surface area contributed by atoms with E-state index in [0.717, 1.165) is 12.8 Å². The highest BCUT2D eigenvalue weighted by Gasteiger charge is 2.21. The number of benzene rings is 1. The predicted octanol–water partition coefficient (Wildman–Crippen LogP) is 2.27. The molecule has 2 unspecified atom stereocenters. The summed E-state index contributed by atoms with van der Waals surface area (Å²) < 4.78 is 5.45. The molecule has 1 saturated heterocycles. The van der Waals surface area contributed by atoms with E-state index in [0.29, 0.717) is 17.1 Å². The molecule has 2 rings (SSSR count). The van der Waals surface area contributed by atoms with Gasteiger partial charge in [-0.1, -0.05) is 12.1 Å². The molecule has 0 radical (unpaired) electrons. The van der Waals surface area contributed by atoms with Crippen LogP contribution in [0.5, 0.6) is 0 Å². The van der Waals surface area contributed by atoms with Crippen molar-refractivity contribution in [2.45, 2.75) is 36.8 Å². The molecule has 1 N–H and O–H groups in total. The number of hydrogen-bond acceptors (Lipinski definition) is 3. The minimum absolute atomic E-state index is 0.0466. The van der Waals surface area contributed by atoms with Gasteiger partial charge < -0.3 is 10.1 Å². The minimum Gasteiger partial charge on any atom is -0.378 e. The average Bonchev–Trinajstić information content (AvgIpc) is 2.29. The van der Waals surface area contributed by atoms with Crippen molar-refractivity contribution in [3.8, 4) is 0 Å². The number of nitrogens with one attached hydrogen (secondary N) is 1.